The van der Waals surface area contributed by atoms with E-state index in [-0.39, 0.29) is 11.7 Å². The number of hydrogen-bond acceptors (Lipinski definition) is 4. The molecule has 4 N–H and O–H groups in total. The normalized spacial score (nSPS) is 27.7. The van der Waals surface area contributed by atoms with Crippen molar-refractivity contribution in [2.24, 2.45) is 22.2 Å². The van der Waals surface area contributed by atoms with Gasteiger partial charge in [-0.1, -0.05) is 12.1 Å². The predicted molar refractivity (Wildman–Crippen MR) is 68.4 cm³/mol. The van der Waals surface area contributed by atoms with E-state index in [4.69, 9.17) is 15.7 Å². The van der Waals surface area contributed by atoms with Crippen molar-refractivity contribution in [3.8, 4) is 0 Å². The summed E-state index contributed by atoms with van der Waals surface area (Å²) >= 11 is 0. The average Bonchev–Trinajstić information content (AvgIpc) is 2.33. The molecule has 0 aliphatic heterocycles. The van der Waals surface area contributed by atoms with E-state index in [1.54, 1.807) is 0 Å². The zero-order valence-corrected chi connectivity index (χ0v) is 11.1. The first-order chi connectivity index (χ1) is 8.56. The quantitative estimate of drug-likeness (QED) is 0.205. The number of amidine groups is 1. The molecule has 18 heavy (non-hydrogen) atoms. The van der Waals surface area contributed by atoms with Crippen LogP contribution in [-0.4, -0.2) is 36.7 Å². The van der Waals surface area contributed by atoms with E-state index in [1.165, 1.54) is 0 Å². The maximum Gasteiger partial charge on any atom is 0.233 e. The fourth-order valence-corrected chi connectivity index (χ4v) is 2.43. The Bertz CT molecular complexity index is 312. The summed E-state index contributed by atoms with van der Waals surface area (Å²) < 4.78 is 5.19. The number of ether oxygens (including phenoxy) is 1. The summed E-state index contributed by atoms with van der Waals surface area (Å²) in [6, 6.07) is 0. The van der Waals surface area contributed by atoms with Crippen molar-refractivity contribution >= 4 is 11.7 Å². The molecular weight excluding hydrogens is 234 g/mol. The molecule has 0 aromatic heterocycles. The Labute approximate surface area is 108 Å². The first kappa shape index (κ1) is 14.8. The van der Waals surface area contributed by atoms with E-state index in [0.717, 1.165) is 6.42 Å². The largest absolute Gasteiger partial charge is 0.409 e. The lowest BCUT2D eigenvalue weighted by Gasteiger charge is -2.43. The Balaban J connectivity index is 2.43. The minimum absolute atomic E-state index is 0.0166. The molecule has 0 aromatic rings. The molecule has 0 saturated heterocycles. The molecule has 0 heterocycles. The smallest absolute Gasteiger partial charge is 0.233 e. The topological polar surface area (TPSA) is 96.9 Å². The molecule has 6 nitrogen and oxygen atoms in total. The van der Waals surface area contributed by atoms with E-state index >= 15 is 0 Å². The molecule has 104 valence electrons. The second-order valence-electron chi connectivity index (χ2n) is 4.89. The van der Waals surface area contributed by atoms with Crippen molar-refractivity contribution in [3.63, 3.8) is 0 Å². The Morgan fingerprint density at radius 3 is 2.78 bits per heavy atom. The molecule has 1 aliphatic carbocycles. The Morgan fingerprint density at radius 2 is 2.28 bits per heavy atom. The zero-order valence-electron chi connectivity index (χ0n) is 11.1. The second kappa shape index (κ2) is 6.58. The number of hydrogen-bond donors (Lipinski definition) is 3. The number of nitrogens with one attached hydrogen (secondary N) is 1. The summed E-state index contributed by atoms with van der Waals surface area (Å²) in [5, 5.41) is 14.6. The minimum Gasteiger partial charge on any atom is -0.409 e. The third-order valence-electron chi connectivity index (χ3n) is 3.38. The summed E-state index contributed by atoms with van der Waals surface area (Å²) in [6.07, 6.45) is 2.04. The van der Waals surface area contributed by atoms with E-state index in [0.29, 0.717) is 38.5 Å². The van der Waals surface area contributed by atoms with Crippen LogP contribution in [0, 0.1) is 11.3 Å². The molecule has 0 unspecified atom stereocenters. The van der Waals surface area contributed by atoms with Gasteiger partial charge >= 0.3 is 0 Å². The lowest BCUT2D eigenvalue weighted by molar-refractivity contribution is -0.133. The highest BCUT2D eigenvalue weighted by atomic mass is 16.5. The number of rotatable bonds is 7. The van der Waals surface area contributed by atoms with Gasteiger partial charge in [0.15, 0.2) is 5.84 Å². The molecule has 1 aliphatic rings. The minimum atomic E-state index is -0.806. The number of carbonyl (C=O) groups is 1. The van der Waals surface area contributed by atoms with Gasteiger partial charge < -0.3 is 21.0 Å². The van der Waals surface area contributed by atoms with Crippen LogP contribution in [0.4, 0.5) is 0 Å². The van der Waals surface area contributed by atoms with Crippen LogP contribution in [0.15, 0.2) is 5.16 Å². The molecule has 0 bridgehead atoms. The van der Waals surface area contributed by atoms with Crippen LogP contribution in [0.1, 0.15) is 33.1 Å². The van der Waals surface area contributed by atoms with Crippen LogP contribution >= 0.6 is 0 Å². The zero-order chi connectivity index (χ0) is 13.6. The molecule has 0 radical (unpaired) electrons. The lowest BCUT2D eigenvalue weighted by Crippen LogP contribution is -2.56. The summed E-state index contributed by atoms with van der Waals surface area (Å²) in [5.41, 5.74) is 4.84. The Hall–Kier alpha value is -1.30. The van der Waals surface area contributed by atoms with E-state index in [1.807, 2.05) is 13.8 Å². The van der Waals surface area contributed by atoms with Crippen LogP contribution in [0.25, 0.3) is 0 Å². The van der Waals surface area contributed by atoms with Crippen LogP contribution in [-0.2, 0) is 9.53 Å². The maximum atomic E-state index is 12.1. The Morgan fingerprint density at radius 1 is 1.61 bits per heavy atom. The number of nitrogens with zero attached hydrogens (tertiary/aromatic N) is 1. The standard InChI is InChI=1S/C12H23N3O3/c1-3-18-6-4-5-14-11(16)12(10(13)15-17)7-9(2)8-12/h9,17H,3-8H2,1-2H3,(H2,13,15)(H,14,16). The van der Waals surface area contributed by atoms with Gasteiger partial charge in [-0.3, -0.25) is 4.79 Å². The highest BCUT2D eigenvalue weighted by Crippen LogP contribution is 2.45. The first-order valence-corrected chi connectivity index (χ1v) is 6.41. The molecule has 1 saturated carbocycles. The fraction of sp³-hybridized carbons (Fsp3) is 0.833. The molecule has 1 amide bonds. The van der Waals surface area contributed by atoms with Crippen LogP contribution in [0.2, 0.25) is 0 Å². The van der Waals surface area contributed by atoms with Crippen molar-refractivity contribution in [2.45, 2.75) is 33.1 Å². The van der Waals surface area contributed by atoms with Gasteiger partial charge in [-0.25, -0.2) is 0 Å². The van der Waals surface area contributed by atoms with Crippen molar-refractivity contribution < 1.29 is 14.7 Å². The highest BCUT2D eigenvalue weighted by molar-refractivity contribution is 6.07. The molecular formula is C12H23N3O3. The van der Waals surface area contributed by atoms with Gasteiger partial charge in [-0.05, 0) is 32.1 Å². The Kier molecular flexibility index (Phi) is 5.40. The SMILES string of the molecule is CCOCCCNC(=O)C1(C(N)=NO)CC(C)C1. The molecule has 0 aromatic carbocycles. The third kappa shape index (κ3) is 3.13. The van der Waals surface area contributed by atoms with Crippen LogP contribution in [0.5, 0.6) is 0 Å². The summed E-state index contributed by atoms with van der Waals surface area (Å²) in [7, 11) is 0. The van der Waals surface area contributed by atoms with Crippen LogP contribution in [0.3, 0.4) is 0 Å². The number of nitrogens with two attached hydrogens (primary N) is 1. The van der Waals surface area contributed by atoms with E-state index in [9.17, 15) is 4.79 Å². The average molecular weight is 257 g/mol. The molecule has 1 rings (SSSR count). The molecule has 0 spiro atoms. The molecule has 0 atom stereocenters. The van der Waals surface area contributed by atoms with Gasteiger partial charge in [0.2, 0.25) is 5.91 Å². The summed E-state index contributed by atoms with van der Waals surface area (Å²) in [6.45, 7) is 5.84. The second-order valence-corrected chi connectivity index (χ2v) is 4.89. The number of amides is 1. The van der Waals surface area contributed by atoms with Gasteiger partial charge in [0, 0.05) is 19.8 Å². The summed E-state index contributed by atoms with van der Waals surface area (Å²) in [5.74, 6) is 0.301. The monoisotopic (exact) mass is 257 g/mol. The van der Waals surface area contributed by atoms with Crippen molar-refractivity contribution in [1.29, 1.82) is 0 Å². The van der Waals surface area contributed by atoms with Gasteiger partial charge in [0.05, 0.1) is 0 Å². The maximum absolute atomic E-state index is 12.1. The predicted octanol–water partition coefficient (Wildman–Crippen LogP) is 0.692. The first-order valence-electron chi connectivity index (χ1n) is 6.41. The van der Waals surface area contributed by atoms with E-state index < -0.39 is 5.41 Å². The van der Waals surface area contributed by atoms with Gasteiger partial charge in [0.1, 0.15) is 5.41 Å². The van der Waals surface area contributed by atoms with Crippen molar-refractivity contribution in [3.05, 3.63) is 0 Å². The van der Waals surface area contributed by atoms with Crippen molar-refractivity contribution in [1.82, 2.24) is 5.32 Å². The van der Waals surface area contributed by atoms with Gasteiger partial charge in [-0.15, -0.1) is 0 Å². The molecule has 6 heteroatoms. The fourth-order valence-electron chi connectivity index (χ4n) is 2.43. The highest BCUT2D eigenvalue weighted by Gasteiger charge is 2.51. The molecule has 1 fully saturated rings. The van der Waals surface area contributed by atoms with Gasteiger partial charge in [-0.2, -0.15) is 0 Å². The van der Waals surface area contributed by atoms with Crippen LogP contribution < -0.4 is 11.1 Å². The van der Waals surface area contributed by atoms with E-state index in [2.05, 4.69) is 10.5 Å². The lowest BCUT2D eigenvalue weighted by atomic mass is 9.61. The van der Waals surface area contributed by atoms with Crippen molar-refractivity contribution in [2.75, 3.05) is 19.8 Å². The number of oxime groups is 1. The summed E-state index contributed by atoms with van der Waals surface area (Å²) in [4.78, 5) is 12.1. The van der Waals surface area contributed by atoms with Gasteiger partial charge in [0.25, 0.3) is 0 Å². The number of carbonyl (C=O) groups excluding carboxylic acids is 1. The third-order valence-corrected chi connectivity index (χ3v) is 3.38.